The molecular weight excluding hydrogens is 432 g/mol. The molecule has 2 aromatic carbocycles. The van der Waals surface area contributed by atoms with Gasteiger partial charge in [-0.1, -0.05) is 18.2 Å². The number of ether oxygens (including phenoxy) is 2. The minimum Gasteiger partial charge on any atom is -0.483 e. The summed E-state index contributed by atoms with van der Waals surface area (Å²) in [6.45, 7) is 1.47. The zero-order valence-corrected chi connectivity index (χ0v) is 17.4. The maximum Gasteiger partial charge on any atom is 0.282 e. The Labute approximate surface area is 188 Å². The van der Waals surface area contributed by atoms with Gasteiger partial charge in [0.2, 0.25) is 0 Å². The molecule has 11 heteroatoms. The van der Waals surface area contributed by atoms with Gasteiger partial charge in [0, 0.05) is 30.8 Å². The third-order valence-corrected chi connectivity index (χ3v) is 5.12. The van der Waals surface area contributed by atoms with Crippen LogP contribution in [0.15, 0.2) is 54.1 Å². The van der Waals surface area contributed by atoms with Gasteiger partial charge in [0.25, 0.3) is 23.4 Å². The molecule has 0 spiro atoms. The number of hydrogen-bond donors (Lipinski definition) is 1. The van der Waals surface area contributed by atoms with Crippen LogP contribution >= 0.6 is 0 Å². The van der Waals surface area contributed by atoms with Crippen LogP contribution < -0.4 is 15.2 Å². The van der Waals surface area contributed by atoms with Crippen LogP contribution in [0.4, 0.5) is 11.4 Å². The van der Waals surface area contributed by atoms with Crippen molar-refractivity contribution >= 4 is 35.2 Å². The van der Waals surface area contributed by atoms with Crippen LogP contribution in [0.5, 0.6) is 5.75 Å². The molecule has 33 heavy (non-hydrogen) atoms. The highest BCUT2D eigenvalue weighted by atomic mass is 16.6. The quantitative estimate of drug-likeness (QED) is 0.302. The number of nitrogens with zero attached hydrogens (tertiary/aromatic N) is 3. The summed E-state index contributed by atoms with van der Waals surface area (Å²) in [6, 6.07) is 12.3. The molecule has 2 fully saturated rings. The molecule has 170 valence electrons. The fraction of sp³-hybridized carbons (Fsp3) is 0.227. The number of nitro benzene ring substituents is 1. The standard InChI is InChI=1S/C22H20N4O7/c27-20(24-8-10-32-11-9-24)14-33-19-7-6-17(26(30)31)12-15(19)13-18-21(28)23-25(22(18)29)16-4-2-1-3-5-16/h1-7,12-13H,8-11,14H2,(H,23,28). The highest BCUT2D eigenvalue weighted by molar-refractivity contribution is 6.31. The molecule has 2 heterocycles. The lowest BCUT2D eigenvalue weighted by atomic mass is 10.1. The van der Waals surface area contributed by atoms with E-state index in [0.717, 1.165) is 5.01 Å². The molecule has 11 nitrogen and oxygen atoms in total. The number of carbonyl (C=O) groups is 3. The number of carbonyl (C=O) groups excluding carboxylic acids is 3. The average Bonchev–Trinajstić information content (AvgIpc) is 3.12. The molecule has 0 bridgehead atoms. The first kappa shape index (κ1) is 22.0. The lowest BCUT2D eigenvalue weighted by Crippen LogP contribution is -2.43. The zero-order chi connectivity index (χ0) is 23.4. The number of benzene rings is 2. The minimum atomic E-state index is -0.661. The number of hydrazine groups is 1. The van der Waals surface area contributed by atoms with Crippen molar-refractivity contribution in [3.05, 3.63) is 69.8 Å². The first-order chi connectivity index (χ1) is 15.9. The van der Waals surface area contributed by atoms with Crippen molar-refractivity contribution < 1.29 is 28.8 Å². The van der Waals surface area contributed by atoms with Crippen molar-refractivity contribution in [3.8, 4) is 5.75 Å². The molecule has 0 radical (unpaired) electrons. The maximum atomic E-state index is 12.9. The Morgan fingerprint density at radius 3 is 2.58 bits per heavy atom. The van der Waals surface area contributed by atoms with Crippen molar-refractivity contribution in [1.29, 1.82) is 0 Å². The van der Waals surface area contributed by atoms with Crippen LogP contribution in [-0.4, -0.2) is 60.5 Å². The molecule has 0 saturated carbocycles. The van der Waals surface area contributed by atoms with E-state index in [1.165, 1.54) is 24.3 Å². The third kappa shape index (κ3) is 4.83. The van der Waals surface area contributed by atoms with Crippen LogP contribution in [0.2, 0.25) is 0 Å². The minimum absolute atomic E-state index is 0.132. The highest BCUT2D eigenvalue weighted by Crippen LogP contribution is 2.29. The van der Waals surface area contributed by atoms with Gasteiger partial charge >= 0.3 is 0 Å². The topological polar surface area (TPSA) is 131 Å². The monoisotopic (exact) mass is 452 g/mol. The maximum absolute atomic E-state index is 12.9. The van der Waals surface area contributed by atoms with Crippen LogP contribution in [0, 0.1) is 10.1 Å². The van der Waals surface area contributed by atoms with E-state index in [2.05, 4.69) is 5.43 Å². The molecule has 0 aromatic heterocycles. The van der Waals surface area contributed by atoms with Gasteiger partial charge in [-0.3, -0.25) is 29.9 Å². The van der Waals surface area contributed by atoms with Gasteiger partial charge in [-0.15, -0.1) is 0 Å². The summed E-state index contributed by atoms with van der Waals surface area (Å²) in [4.78, 5) is 50.0. The van der Waals surface area contributed by atoms with Gasteiger partial charge in [-0.2, -0.15) is 0 Å². The number of morpholine rings is 1. The summed E-state index contributed by atoms with van der Waals surface area (Å²) < 4.78 is 10.8. The summed E-state index contributed by atoms with van der Waals surface area (Å²) >= 11 is 0. The molecule has 2 saturated heterocycles. The Morgan fingerprint density at radius 2 is 1.88 bits per heavy atom. The van der Waals surface area contributed by atoms with Crippen LogP contribution in [0.1, 0.15) is 5.56 Å². The predicted octanol–water partition coefficient (Wildman–Crippen LogP) is 1.29. The molecule has 2 aromatic rings. The smallest absolute Gasteiger partial charge is 0.282 e. The number of amides is 3. The Kier molecular flexibility index (Phi) is 6.31. The van der Waals surface area contributed by atoms with E-state index in [1.807, 2.05) is 0 Å². The van der Waals surface area contributed by atoms with E-state index in [9.17, 15) is 24.5 Å². The molecule has 2 aliphatic heterocycles. The Morgan fingerprint density at radius 1 is 1.15 bits per heavy atom. The van der Waals surface area contributed by atoms with Crippen molar-refractivity contribution in [3.63, 3.8) is 0 Å². The predicted molar refractivity (Wildman–Crippen MR) is 116 cm³/mol. The van der Waals surface area contributed by atoms with E-state index >= 15 is 0 Å². The van der Waals surface area contributed by atoms with Gasteiger partial charge in [-0.05, 0) is 24.3 Å². The SMILES string of the molecule is O=C1NN(c2ccccc2)C(=O)C1=Cc1cc([N+](=O)[O-])ccc1OCC(=O)N1CCOCC1. The van der Waals surface area contributed by atoms with E-state index in [1.54, 1.807) is 35.2 Å². The van der Waals surface area contributed by atoms with Crippen molar-refractivity contribution in [1.82, 2.24) is 10.3 Å². The zero-order valence-electron chi connectivity index (χ0n) is 17.4. The van der Waals surface area contributed by atoms with Crippen LogP contribution in [0.25, 0.3) is 6.08 Å². The van der Waals surface area contributed by atoms with E-state index in [4.69, 9.17) is 9.47 Å². The largest absolute Gasteiger partial charge is 0.483 e. The molecule has 0 aliphatic carbocycles. The van der Waals surface area contributed by atoms with Crippen molar-refractivity contribution in [2.24, 2.45) is 0 Å². The summed E-state index contributed by atoms with van der Waals surface area (Å²) in [5.74, 6) is -1.41. The van der Waals surface area contributed by atoms with Crippen molar-refractivity contribution in [2.45, 2.75) is 0 Å². The number of nitro groups is 1. The molecular formula is C22H20N4O7. The van der Waals surface area contributed by atoms with E-state index < -0.39 is 16.7 Å². The second kappa shape index (κ2) is 9.49. The van der Waals surface area contributed by atoms with Gasteiger partial charge < -0.3 is 14.4 Å². The lowest BCUT2D eigenvalue weighted by molar-refractivity contribution is -0.384. The second-order valence-corrected chi connectivity index (χ2v) is 7.24. The fourth-order valence-electron chi connectivity index (χ4n) is 3.41. The Bertz CT molecular complexity index is 1130. The Hall–Kier alpha value is -4.25. The molecule has 3 amide bonds. The van der Waals surface area contributed by atoms with Crippen molar-refractivity contribution in [2.75, 3.05) is 37.9 Å². The van der Waals surface area contributed by atoms with Gasteiger partial charge in [0.05, 0.1) is 23.8 Å². The average molecular weight is 452 g/mol. The highest BCUT2D eigenvalue weighted by Gasteiger charge is 2.34. The van der Waals surface area contributed by atoms with Gasteiger partial charge in [-0.25, -0.2) is 5.01 Å². The summed E-state index contributed by atoms with van der Waals surface area (Å²) in [5, 5.41) is 12.3. The fourth-order valence-corrected chi connectivity index (χ4v) is 3.41. The third-order valence-electron chi connectivity index (χ3n) is 5.12. The normalized spacial score (nSPS) is 17.3. The number of para-hydroxylation sites is 1. The van der Waals surface area contributed by atoms with E-state index in [-0.39, 0.29) is 35.1 Å². The number of anilines is 1. The number of non-ortho nitro benzene ring substituents is 1. The summed E-state index contributed by atoms with van der Waals surface area (Å²) in [5.41, 5.74) is 2.60. The summed E-state index contributed by atoms with van der Waals surface area (Å²) in [7, 11) is 0. The summed E-state index contributed by atoms with van der Waals surface area (Å²) in [6.07, 6.45) is 1.22. The number of nitrogens with one attached hydrogen (secondary N) is 1. The molecule has 2 aliphatic rings. The van der Waals surface area contributed by atoms with Crippen LogP contribution in [0.3, 0.4) is 0 Å². The first-order valence-electron chi connectivity index (χ1n) is 10.1. The molecule has 1 N–H and O–H groups in total. The van der Waals surface area contributed by atoms with Gasteiger partial charge in [0.15, 0.2) is 6.61 Å². The van der Waals surface area contributed by atoms with Gasteiger partial charge in [0.1, 0.15) is 11.3 Å². The molecule has 0 atom stereocenters. The lowest BCUT2D eigenvalue weighted by Gasteiger charge is -2.26. The second-order valence-electron chi connectivity index (χ2n) is 7.24. The molecule has 4 rings (SSSR count). The first-order valence-corrected chi connectivity index (χ1v) is 10.1. The number of rotatable bonds is 6. The molecule has 0 unspecified atom stereocenters. The van der Waals surface area contributed by atoms with Crippen LogP contribution in [-0.2, 0) is 19.1 Å². The number of hydrogen-bond acceptors (Lipinski definition) is 7. The Balaban J connectivity index is 1.60. The van der Waals surface area contributed by atoms with E-state index in [0.29, 0.717) is 32.0 Å².